The minimum atomic E-state index is 0.496. The van der Waals surface area contributed by atoms with E-state index in [0.717, 1.165) is 28.6 Å². The summed E-state index contributed by atoms with van der Waals surface area (Å²) in [7, 11) is 0. The van der Waals surface area contributed by atoms with Crippen molar-refractivity contribution < 1.29 is 0 Å². The minimum absolute atomic E-state index is 0.496. The first kappa shape index (κ1) is 11.9. The first-order valence-corrected chi connectivity index (χ1v) is 7.91. The fourth-order valence-corrected chi connectivity index (χ4v) is 3.87. The summed E-state index contributed by atoms with van der Waals surface area (Å²) in [6.07, 6.45) is 4.81. The molecule has 0 saturated carbocycles. The van der Waals surface area contributed by atoms with E-state index in [9.17, 15) is 0 Å². The van der Waals surface area contributed by atoms with Gasteiger partial charge in [0.25, 0.3) is 0 Å². The summed E-state index contributed by atoms with van der Waals surface area (Å²) in [5.41, 5.74) is 1.85. The van der Waals surface area contributed by atoms with Gasteiger partial charge in [-0.1, -0.05) is 6.07 Å². The summed E-state index contributed by atoms with van der Waals surface area (Å²) in [6.45, 7) is 0. The van der Waals surface area contributed by atoms with E-state index >= 15 is 0 Å². The van der Waals surface area contributed by atoms with Crippen LogP contribution in [0.25, 0.3) is 17.0 Å². The quantitative estimate of drug-likeness (QED) is 0.724. The molecule has 3 aromatic rings. The minimum Gasteiger partial charge on any atom is -0.264 e. The third-order valence-electron chi connectivity index (χ3n) is 3.62. The normalized spacial score (nSPS) is 18.7. The predicted molar refractivity (Wildman–Crippen MR) is 81.3 cm³/mol. The first-order chi connectivity index (χ1) is 9.93. The fourth-order valence-electron chi connectivity index (χ4n) is 2.65. The Bertz CT molecular complexity index is 732. The molecule has 0 aliphatic carbocycles. The second-order valence-electron chi connectivity index (χ2n) is 4.90. The Kier molecular flexibility index (Phi) is 2.92. The molecule has 1 unspecified atom stereocenters. The highest BCUT2D eigenvalue weighted by molar-refractivity contribution is 7.99. The molecule has 5 heteroatoms. The zero-order valence-corrected chi connectivity index (χ0v) is 11.8. The largest absolute Gasteiger partial charge is 0.264 e. The average molecular weight is 282 g/mol. The van der Waals surface area contributed by atoms with Gasteiger partial charge in [-0.25, -0.2) is 15.0 Å². The SMILES string of the molecule is c1ccc(-n2c(C3CCSC3)nc3cccnc32)nc1. The van der Waals surface area contributed by atoms with Crippen LogP contribution < -0.4 is 0 Å². The van der Waals surface area contributed by atoms with Crippen molar-refractivity contribution in [3.05, 3.63) is 48.5 Å². The van der Waals surface area contributed by atoms with Crippen LogP contribution >= 0.6 is 11.8 Å². The zero-order chi connectivity index (χ0) is 13.4. The van der Waals surface area contributed by atoms with Crippen molar-refractivity contribution in [2.75, 3.05) is 11.5 Å². The highest BCUT2D eigenvalue weighted by atomic mass is 32.2. The van der Waals surface area contributed by atoms with Gasteiger partial charge in [-0.3, -0.25) is 4.57 Å². The van der Waals surface area contributed by atoms with Crippen molar-refractivity contribution in [3.63, 3.8) is 0 Å². The monoisotopic (exact) mass is 282 g/mol. The summed E-state index contributed by atoms with van der Waals surface area (Å²) in [5.74, 6) is 4.85. The van der Waals surface area contributed by atoms with E-state index in [2.05, 4.69) is 14.5 Å². The van der Waals surface area contributed by atoms with Crippen molar-refractivity contribution >= 4 is 22.9 Å². The van der Waals surface area contributed by atoms with Crippen molar-refractivity contribution in [2.45, 2.75) is 12.3 Å². The lowest BCUT2D eigenvalue weighted by Gasteiger charge is -2.11. The first-order valence-electron chi connectivity index (χ1n) is 6.76. The molecule has 0 aromatic carbocycles. The Labute approximate surface area is 121 Å². The van der Waals surface area contributed by atoms with Gasteiger partial charge in [0.15, 0.2) is 5.65 Å². The van der Waals surface area contributed by atoms with Crippen LogP contribution in [0.4, 0.5) is 0 Å². The molecule has 0 radical (unpaired) electrons. The van der Waals surface area contributed by atoms with Crippen LogP contribution in [0.1, 0.15) is 18.2 Å². The Balaban J connectivity index is 1.98. The molecule has 4 heterocycles. The lowest BCUT2D eigenvalue weighted by Crippen LogP contribution is -2.08. The van der Waals surface area contributed by atoms with E-state index in [1.54, 1.807) is 0 Å². The van der Waals surface area contributed by atoms with Crippen molar-refractivity contribution in [3.8, 4) is 5.82 Å². The average Bonchev–Trinajstić information content (AvgIpc) is 3.15. The molecule has 0 amide bonds. The van der Waals surface area contributed by atoms with Gasteiger partial charge >= 0.3 is 0 Å². The Morgan fingerprint density at radius 2 is 2.05 bits per heavy atom. The van der Waals surface area contributed by atoms with E-state index < -0.39 is 0 Å². The molecule has 1 fully saturated rings. The molecule has 0 spiro atoms. The maximum Gasteiger partial charge on any atom is 0.165 e. The topological polar surface area (TPSA) is 43.6 Å². The molecular formula is C15H14N4S. The second kappa shape index (κ2) is 4.90. The molecule has 100 valence electrons. The standard InChI is InChI=1S/C15H14N4S/c1-2-7-16-13(5-1)19-14(11-6-9-20-10-11)18-12-4-3-8-17-15(12)19/h1-5,7-8,11H,6,9-10H2. The summed E-state index contributed by atoms with van der Waals surface area (Å²) in [4.78, 5) is 13.8. The lowest BCUT2D eigenvalue weighted by molar-refractivity contribution is 0.700. The van der Waals surface area contributed by atoms with Crippen LogP contribution in [0, 0.1) is 0 Å². The van der Waals surface area contributed by atoms with Crippen molar-refractivity contribution in [1.82, 2.24) is 19.5 Å². The Morgan fingerprint density at radius 1 is 1.10 bits per heavy atom. The Morgan fingerprint density at radius 3 is 2.85 bits per heavy atom. The second-order valence-corrected chi connectivity index (χ2v) is 6.05. The number of hydrogen-bond acceptors (Lipinski definition) is 4. The zero-order valence-electron chi connectivity index (χ0n) is 10.9. The van der Waals surface area contributed by atoms with E-state index in [-0.39, 0.29) is 0 Å². The maximum absolute atomic E-state index is 4.82. The van der Waals surface area contributed by atoms with Crippen molar-refractivity contribution in [2.24, 2.45) is 0 Å². The third-order valence-corrected chi connectivity index (χ3v) is 4.78. The molecule has 1 saturated heterocycles. The van der Waals surface area contributed by atoms with Gasteiger partial charge in [0.1, 0.15) is 17.2 Å². The molecule has 4 nitrogen and oxygen atoms in total. The van der Waals surface area contributed by atoms with Crippen LogP contribution in [0.5, 0.6) is 0 Å². The summed E-state index contributed by atoms with van der Waals surface area (Å²) in [6, 6.07) is 9.91. The molecule has 0 bridgehead atoms. The number of imidazole rings is 1. The Hall–Kier alpha value is -1.88. The summed E-state index contributed by atoms with van der Waals surface area (Å²) >= 11 is 2.00. The van der Waals surface area contributed by atoms with Crippen molar-refractivity contribution in [1.29, 1.82) is 0 Å². The van der Waals surface area contributed by atoms with E-state index in [1.165, 1.54) is 12.2 Å². The van der Waals surface area contributed by atoms with Gasteiger partial charge in [-0.15, -0.1) is 0 Å². The molecule has 1 aliphatic rings. The van der Waals surface area contributed by atoms with Crippen LogP contribution in [0.15, 0.2) is 42.7 Å². The lowest BCUT2D eigenvalue weighted by atomic mass is 10.1. The van der Waals surface area contributed by atoms with Crippen LogP contribution in [0.2, 0.25) is 0 Å². The van der Waals surface area contributed by atoms with E-state index in [4.69, 9.17) is 4.98 Å². The molecular weight excluding hydrogens is 268 g/mol. The van der Waals surface area contributed by atoms with E-state index in [0.29, 0.717) is 5.92 Å². The van der Waals surface area contributed by atoms with Gasteiger partial charge in [-0.05, 0) is 36.4 Å². The van der Waals surface area contributed by atoms with Gasteiger partial charge in [0, 0.05) is 24.1 Å². The van der Waals surface area contributed by atoms with Crippen LogP contribution in [-0.4, -0.2) is 31.0 Å². The van der Waals surface area contributed by atoms with E-state index in [1.807, 2.05) is 54.5 Å². The smallest absolute Gasteiger partial charge is 0.165 e. The number of rotatable bonds is 2. The number of pyridine rings is 2. The summed E-state index contributed by atoms with van der Waals surface area (Å²) < 4.78 is 2.12. The molecule has 0 N–H and O–H groups in total. The number of fused-ring (bicyclic) bond motifs is 1. The number of aromatic nitrogens is 4. The number of hydrogen-bond donors (Lipinski definition) is 0. The van der Waals surface area contributed by atoms with Gasteiger partial charge in [0.05, 0.1) is 0 Å². The molecule has 1 atom stereocenters. The van der Waals surface area contributed by atoms with Gasteiger partial charge < -0.3 is 0 Å². The summed E-state index contributed by atoms with van der Waals surface area (Å²) in [5, 5.41) is 0. The van der Waals surface area contributed by atoms with Gasteiger partial charge in [0.2, 0.25) is 0 Å². The van der Waals surface area contributed by atoms with Crippen LogP contribution in [-0.2, 0) is 0 Å². The maximum atomic E-state index is 4.82. The van der Waals surface area contributed by atoms with Crippen LogP contribution in [0.3, 0.4) is 0 Å². The fraction of sp³-hybridized carbons (Fsp3) is 0.267. The molecule has 1 aliphatic heterocycles. The highest BCUT2D eigenvalue weighted by Gasteiger charge is 2.25. The molecule has 3 aromatic heterocycles. The molecule has 20 heavy (non-hydrogen) atoms. The number of thioether (sulfide) groups is 1. The predicted octanol–water partition coefficient (Wildman–Crippen LogP) is 3.04. The third kappa shape index (κ3) is 1.89. The molecule has 4 rings (SSSR count). The van der Waals surface area contributed by atoms with Gasteiger partial charge in [-0.2, -0.15) is 11.8 Å². The number of nitrogens with zero attached hydrogens (tertiary/aromatic N) is 4. The highest BCUT2D eigenvalue weighted by Crippen LogP contribution is 2.34.